The third kappa shape index (κ3) is 6.12. The van der Waals surface area contributed by atoms with Gasteiger partial charge in [0.25, 0.3) is 0 Å². The number of fused-ring (bicyclic) bond motifs is 1. The Balaban J connectivity index is 1.78. The van der Waals surface area contributed by atoms with Crippen LogP contribution in [-0.4, -0.2) is 45.9 Å². The minimum atomic E-state index is -0.918. The number of para-hydroxylation sites is 1. The molecule has 0 saturated carbocycles. The minimum absolute atomic E-state index is 0.0347. The van der Waals surface area contributed by atoms with Crippen LogP contribution >= 0.6 is 34.8 Å². The molecule has 5 rings (SSSR count). The van der Waals surface area contributed by atoms with E-state index in [0.29, 0.717) is 24.3 Å². The number of halogens is 4. The minimum Gasteiger partial charge on any atom is -0.495 e. The Kier molecular flexibility index (Phi) is 9.25. The van der Waals surface area contributed by atoms with Crippen molar-refractivity contribution in [2.45, 2.75) is 59.6 Å². The maximum atomic E-state index is 17.2. The summed E-state index contributed by atoms with van der Waals surface area (Å²) in [4.78, 5) is 42.1. The molecule has 0 spiro atoms. The van der Waals surface area contributed by atoms with E-state index < -0.39 is 28.6 Å². The summed E-state index contributed by atoms with van der Waals surface area (Å²) in [6, 6.07) is 9.89. The average Bonchev–Trinajstić information content (AvgIpc) is 2.93. The van der Waals surface area contributed by atoms with E-state index in [1.807, 2.05) is 26.0 Å². The van der Waals surface area contributed by atoms with Gasteiger partial charge in [0.05, 0.1) is 33.4 Å². The standard InChI is InChI=1S/C34H35Cl3FN3O5/c1-17(2)20-10-8-9-18(3)29(20)41-30-25(13-24(37)27(28(30)38)21-11-26(45-7)23(36)12-22(21)35)40(31(42)32(41)43)16-19-14-39(15-19)33(44)46-34(4,5)6/h8-13,17,19H,14-16H2,1-7H3. The van der Waals surface area contributed by atoms with Crippen molar-refractivity contribution >= 4 is 51.9 Å². The van der Waals surface area contributed by atoms with Gasteiger partial charge in [-0.2, -0.15) is 0 Å². The number of methoxy groups -OCH3 is 1. The molecule has 1 fully saturated rings. The average molecular weight is 691 g/mol. The van der Waals surface area contributed by atoms with E-state index >= 15 is 4.39 Å². The summed E-state index contributed by atoms with van der Waals surface area (Å²) in [7, 11) is 1.42. The summed E-state index contributed by atoms with van der Waals surface area (Å²) >= 11 is 19.6. The summed E-state index contributed by atoms with van der Waals surface area (Å²) in [5.74, 6) is -0.844. The molecule has 0 atom stereocenters. The molecule has 46 heavy (non-hydrogen) atoms. The van der Waals surface area contributed by atoms with E-state index in [2.05, 4.69) is 0 Å². The molecule has 0 N–H and O–H groups in total. The number of carbonyl (C=O) groups is 1. The molecule has 0 aliphatic carbocycles. The molecule has 0 bridgehead atoms. The number of likely N-dealkylation sites (tertiary alicyclic amines) is 1. The maximum absolute atomic E-state index is 17.2. The van der Waals surface area contributed by atoms with Gasteiger partial charge in [0.15, 0.2) is 5.82 Å². The molecule has 8 nitrogen and oxygen atoms in total. The molecule has 1 aliphatic heterocycles. The second-order valence-corrected chi connectivity index (χ2v) is 14.1. The van der Waals surface area contributed by atoms with Gasteiger partial charge in [0.1, 0.15) is 16.9 Å². The van der Waals surface area contributed by atoms with E-state index in [-0.39, 0.29) is 61.4 Å². The van der Waals surface area contributed by atoms with E-state index in [1.54, 1.807) is 33.8 Å². The Labute approximate surface area is 281 Å². The van der Waals surface area contributed by atoms with Crippen molar-refractivity contribution < 1.29 is 18.7 Å². The van der Waals surface area contributed by atoms with E-state index in [9.17, 15) is 14.4 Å². The molecular formula is C34H35Cl3FN3O5. The number of hydrogen-bond acceptors (Lipinski definition) is 5. The number of nitrogens with zero attached hydrogens (tertiary/aromatic N) is 3. The molecule has 1 aromatic heterocycles. The number of ether oxygens (including phenoxy) is 2. The predicted molar refractivity (Wildman–Crippen MR) is 181 cm³/mol. The summed E-state index contributed by atoms with van der Waals surface area (Å²) in [5.41, 5.74) is -0.437. The lowest BCUT2D eigenvalue weighted by Gasteiger charge is -2.40. The van der Waals surface area contributed by atoms with Crippen LogP contribution in [0.25, 0.3) is 27.8 Å². The van der Waals surface area contributed by atoms with Crippen LogP contribution in [0, 0.1) is 18.7 Å². The van der Waals surface area contributed by atoms with Gasteiger partial charge in [-0.1, -0.05) is 66.8 Å². The van der Waals surface area contributed by atoms with Crippen LogP contribution in [0.1, 0.15) is 51.7 Å². The highest BCUT2D eigenvalue weighted by molar-refractivity contribution is 6.39. The first-order valence-corrected chi connectivity index (χ1v) is 16.0. The maximum Gasteiger partial charge on any atom is 0.410 e. The van der Waals surface area contributed by atoms with Gasteiger partial charge in [-0.05, 0) is 62.9 Å². The normalized spacial score (nSPS) is 13.8. The Morgan fingerprint density at radius 2 is 1.70 bits per heavy atom. The van der Waals surface area contributed by atoms with Crippen molar-refractivity contribution in [1.29, 1.82) is 0 Å². The zero-order valence-corrected chi connectivity index (χ0v) is 28.9. The Bertz CT molecular complexity index is 1990. The number of hydrogen-bond donors (Lipinski definition) is 0. The summed E-state index contributed by atoms with van der Waals surface area (Å²) in [5, 5.41) is 0.304. The first-order chi connectivity index (χ1) is 21.5. The molecule has 12 heteroatoms. The number of benzene rings is 3. The number of aromatic nitrogens is 2. The zero-order valence-electron chi connectivity index (χ0n) is 26.6. The third-order valence-electron chi connectivity index (χ3n) is 7.99. The van der Waals surface area contributed by atoms with Crippen molar-refractivity contribution in [1.82, 2.24) is 14.0 Å². The number of rotatable bonds is 6. The van der Waals surface area contributed by atoms with Gasteiger partial charge in [-0.15, -0.1) is 0 Å². The fourth-order valence-electron chi connectivity index (χ4n) is 5.83. The lowest BCUT2D eigenvalue weighted by molar-refractivity contribution is -0.00331. The Hall–Kier alpha value is -3.53. The number of carbonyl (C=O) groups excluding carboxylic acids is 1. The molecule has 4 aromatic rings. The highest BCUT2D eigenvalue weighted by Gasteiger charge is 2.35. The lowest BCUT2D eigenvalue weighted by Crippen LogP contribution is -2.54. The van der Waals surface area contributed by atoms with Gasteiger partial charge >= 0.3 is 17.2 Å². The highest BCUT2D eigenvalue weighted by Crippen LogP contribution is 2.43. The molecule has 1 aliphatic rings. The van der Waals surface area contributed by atoms with Crippen LogP contribution < -0.4 is 15.9 Å². The molecule has 244 valence electrons. The molecule has 3 aromatic carbocycles. The van der Waals surface area contributed by atoms with Gasteiger partial charge < -0.3 is 18.9 Å². The smallest absolute Gasteiger partial charge is 0.410 e. The van der Waals surface area contributed by atoms with Crippen LogP contribution in [0.4, 0.5) is 9.18 Å². The van der Waals surface area contributed by atoms with Crippen LogP contribution in [-0.2, 0) is 11.3 Å². The summed E-state index contributed by atoms with van der Waals surface area (Å²) < 4.78 is 30.4. The second kappa shape index (κ2) is 12.6. The predicted octanol–water partition coefficient (Wildman–Crippen LogP) is 8.23. The van der Waals surface area contributed by atoms with Crippen molar-refractivity contribution in [3.05, 3.63) is 89.1 Å². The SMILES string of the molecule is COc1cc(-c2c(Cl)cc3c(c2F)n(-c2c(C)cccc2C(C)C)c(=O)c(=O)n3CC2CN(C(=O)OC(C)(C)C)C2)c(Cl)cc1Cl. The quantitative estimate of drug-likeness (QED) is 0.191. The Morgan fingerprint density at radius 3 is 2.30 bits per heavy atom. The monoisotopic (exact) mass is 689 g/mol. The summed E-state index contributed by atoms with van der Waals surface area (Å²) in [6.07, 6.45) is -0.467. The van der Waals surface area contributed by atoms with Crippen LogP contribution in [0.5, 0.6) is 5.75 Å². The van der Waals surface area contributed by atoms with E-state index in [1.165, 1.54) is 34.8 Å². The fraction of sp³-hybridized carbons (Fsp3) is 0.382. The van der Waals surface area contributed by atoms with Crippen molar-refractivity contribution in [2.24, 2.45) is 5.92 Å². The molecular weight excluding hydrogens is 656 g/mol. The Morgan fingerprint density at radius 1 is 1.02 bits per heavy atom. The van der Waals surface area contributed by atoms with Gasteiger partial charge in [-0.25, -0.2) is 9.18 Å². The van der Waals surface area contributed by atoms with Crippen molar-refractivity contribution in [3.63, 3.8) is 0 Å². The second-order valence-electron chi connectivity index (χ2n) is 12.9. The molecule has 1 saturated heterocycles. The number of amides is 1. The number of aryl methyl sites for hydroxylation is 1. The first kappa shape index (κ1) is 33.8. The molecule has 2 heterocycles. The van der Waals surface area contributed by atoms with Crippen LogP contribution in [0.15, 0.2) is 46.0 Å². The zero-order chi connectivity index (χ0) is 33.8. The molecule has 0 radical (unpaired) electrons. The first-order valence-electron chi connectivity index (χ1n) is 14.8. The van der Waals surface area contributed by atoms with E-state index in [4.69, 9.17) is 44.3 Å². The van der Waals surface area contributed by atoms with Crippen LogP contribution in [0.3, 0.4) is 0 Å². The van der Waals surface area contributed by atoms with Crippen molar-refractivity contribution in [3.8, 4) is 22.6 Å². The van der Waals surface area contributed by atoms with Crippen molar-refractivity contribution in [2.75, 3.05) is 20.2 Å². The summed E-state index contributed by atoms with van der Waals surface area (Å²) in [6.45, 7) is 11.7. The van der Waals surface area contributed by atoms with Gasteiger partial charge in [-0.3, -0.25) is 14.2 Å². The van der Waals surface area contributed by atoms with Crippen LogP contribution in [0.2, 0.25) is 15.1 Å². The van der Waals surface area contributed by atoms with Gasteiger partial charge in [0.2, 0.25) is 0 Å². The van der Waals surface area contributed by atoms with E-state index in [0.717, 1.165) is 10.1 Å². The molecule has 1 amide bonds. The topological polar surface area (TPSA) is 82.8 Å². The third-order valence-corrected chi connectivity index (χ3v) is 8.90. The highest BCUT2D eigenvalue weighted by atomic mass is 35.5. The fourth-order valence-corrected chi connectivity index (χ4v) is 6.67. The molecule has 0 unspecified atom stereocenters. The largest absolute Gasteiger partial charge is 0.495 e. The van der Waals surface area contributed by atoms with Gasteiger partial charge in [0, 0.05) is 36.7 Å². The lowest BCUT2D eigenvalue weighted by atomic mass is 9.97.